The average molecular weight is 346 g/mol. The maximum absolute atomic E-state index is 12.5. The lowest BCUT2D eigenvalue weighted by atomic mass is 9.72. The van der Waals surface area contributed by atoms with Crippen LogP contribution in [0.2, 0.25) is 0 Å². The molecule has 1 aromatic carbocycles. The Bertz CT molecular complexity index is 596. The van der Waals surface area contributed by atoms with Crippen LogP contribution in [0, 0.1) is 5.92 Å². The number of rotatable bonds is 6. The van der Waals surface area contributed by atoms with E-state index in [1.54, 1.807) is 7.11 Å². The normalized spacial score (nSPS) is 24.5. The zero-order valence-electron chi connectivity index (χ0n) is 15.5. The van der Waals surface area contributed by atoms with Crippen LogP contribution in [0.3, 0.4) is 0 Å². The van der Waals surface area contributed by atoms with Crippen LogP contribution < -0.4 is 10.6 Å². The number of benzene rings is 1. The molecule has 1 fully saturated rings. The van der Waals surface area contributed by atoms with E-state index >= 15 is 0 Å². The second-order valence-corrected chi connectivity index (χ2v) is 7.42. The number of ether oxygens (including phenoxy) is 2. The van der Waals surface area contributed by atoms with Crippen LogP contribution in [0.25, 0.3) is 0 Å². The highest BCUT2D eigenvalue weighted by Gasteiger charge is 2.53. The SMILES string of the molecule is COCCO[C@@H]1[C@@H](NC(=O)C(C)C)c2ccccc2C12CCNCC2. The van der Waals surface area contributed by atoms with Crippen LogP contribution >= 0.6 is 0 Å². The van der Waals surface area contributed by atoms with Gasteiger partial charge >= 0.3 is 0 Å². The number of carbonyl (C=O) groups excluding carboxylic acids is 1. The summed E-state index contributed by atoms with van der Waals surface area (Å²) >= 11 is 0. The third-order valence-corrected chi connectivity index (χ3v) is 5.58. The molecule has 0 unspecified atom stereocenters. The van der Waals surface area contributed by atoms with E-state index < -0.39 is 0 Å². The summed E-state index contributed by atoms with van der Waals surface area (Å²) < 4.78 is 11.5. The fourth-order valence-corrected chi connectivity index (χ4v) is 4.27. The van der Waals surface area contributed by atoms with E-state index in [1.807, 2.05) is 13.8 Å². The Balaban J connectivity index is 1.96. The Kier molecular flexibility index (Phi) is 5.77. The summed E-state index contributed by atoms with van der Waals surface area (Å²) in [5.74, 6) is 0.0301. The van der Waals surface area contributed by atoms with Crippen LogP contribution in [0.4, 0.5) is 0 Å². The molecule has 1 saturated heterocycles. The molecule has 1 aromatic rings. The van der Waals surface area contributed by atoms with Gasteiger partial charge in [-0.1, -0.05) is 38.1 Å². The molecule has 1 spiro atoms. The van der Waals surface area contributed by atoms with E-state index in [4.69, 9.17) is 9.47 Å². The van der Waals surface area contributed by atoms with Gasteiger partial charge in [-0.3, -0.25) is 4.79 Å². The first-order valence-electron chi connectivity index (χ1n) is 9.31. The molecule has 0 aromatic heterocycles. The monoisotopic (exact) mass is 346 g/mol. The molecule has 3 rings (SSSR count). The Morgan fingerprint density at radius 2 is 2.00 bits per heavy atom. The van der Waals surface area contributed by atoms with Gasteiger partial charge in [-0.25, -0.2) is 0 Å². The summed E-state index contributed by atoms with van der Waals surface area (Å²) in [5, 5.41) is 6.72. The zero-order chi connectivity index (χ0) is 17.9. The molecule has 2 atom stereocenters. The molecule has 2 N–H and O–H groups in total. The number of methoxy groups -OCH3 is 1. The van der Waals surface area contributed by atoms with Crippen molar-refractivity contribution in [2.24, 2.45) is 5.92 Å². The summed E-state index contributed by atoms with van der Waals surface area (Å²) in [5.41, 5.74) is 2.51. The molecule has 1 aliphatic heterocycles. The number of carbonyl (C=O) groups is 1. The quantitative estimate of drug-likeness (QED) is 0.775. The van der Waals surface area contributed by atoms with E-state index in [-0.39, 0.29) is 29.4 Å². The molecule has 2 aliphatic rings. The molecule has 5 nitrogen and oxygen atoms in total. The van der Waals surface area contributed by atoms with E-state index in [2.05, 4.69) is 34.9 Å². The van der Waals surface area contributed by atoms with E-state index in [9.17, 15) is 4.79 Å². The van der Waals surface area contributed by atoms with Gasteiger partial charge in [0.2, 0.25) is 5.91 Å². The molecule has 1 aliphatic carbocycles. The van der Waals surface area contributed by atoms with Gasteiger partial charge in [0.15, 0.2) is 0 Å². The van der Waals surface area contributed by atoms with Crippen molar-refractivity contribution in [3.05, 3.63) is 35.4 Å². The largest absolute Gasteiger partial charge is 0.382 e. The van der Waals surface area contributed by atoms with Crippen molar-refractivity contribution < 1.29 is 14.3 Å². The van der Waals surface area contributed by atoms with Crippen molar-refractivity contribution in [2.45, 2.75) is 44.2 Å². The first-order valence-corrected chi connectivity index (χ1v) is 9.31. The topological polar surface area (TPSA) is 59.6 Å². The number of hydrogen-bond acceptors (Lipinski definition) is 4. The van der Waals surface area contributed by atoms with Crippen LogP contribution in [0.1, 0.15) is 43.9 Å². The summed E-state index contributed by atoms with van der Waals surface area (Å²) in [4.78, 5) is 12.5. The van der Waals surface area contributed by atoms with Gasteiger partial charge in [-0.15, -0.1) is 0 Å². The minimum atomic E-state index is -0.0962. The summed E-state index contributed by atoms with van der Waals surface area (Å²) in [7, 11) is 1.69. The Morgan fingerprint density at radius 3 is 2.68 bits per heavy atom. The van der Waals surface area contributed by atoms with Crippen molar-refractivity contribution in [1.29, 1.82) is 0 Å². The molecular formula is C20H30N2O3. The number of piperidine rings is 1. The standard InChI is InChI=1S/C20H30N2O3/c1-14(2)19(23)22-17-15-6-4-5-7-16(15)20(8-10-21-11-9-20)18(17)25-13-12-24-3/h4-7,14,17-18,21H,8-13H2,1-3H3,(H,22,23)/t17-,18+/m0/s1. The van der Waals surface area contributed by atoms with Crippen molar-refractivity contribution in [2.75, 3.05) is 33.4 Å². The summed E-state index contributed by atoms with van der Waals surface area (Å²) in [6, 6.07) is 8.42. The first-order chi connectivity index (χ1) is 12.1. The van der Waals surface area contributed by atoms with E-state index in [0.717, 1.165) is 25.9 Å². The Labute approximate surface area is 150 Å². The van der Waals surface area contributed by atoms with Gasteiger partial charge in [0.05, 0.1) is 25.4 Å². The summed E-state index contributed by atoms with van der Waals surface area (Å²) in [6.45, 7) is 6.91. The fourth-order valence-electron chi connectivity index (χ4n) is 4.27. The van der Waals surface area contributed by atoms with Gasteiger partial charge in [-0.2, -0.15) is 0 Å². The number of nitrogens with one attached hydrogen (secondary N) is 2. The fraction of sp³-hybridized carbons (Fsp3) is 0.650. The third kappa shape index (κ3) is 3.46. The molecule has 138 valence electrons. The molecule has 1 heterocycles. The highest BCUT2D eigenvalue weighted by molar-refractivity contribution is 5.78. The average Bonchev–Trinajstić information content (AvgIpc) is 2.86. The summed E-state index contributed by atoms with van der Waals surface area (Å²) in [6.07, 6.45) is 2.00. The first kappa shape index (κ1) is 18.4. The van der Waals surface area contributed by atoms with Gasteiger partial charge in [-0.05, 0) is 37.1 Å². The second kappa shape index (κ2) is 7.85. The highest BCUT2D eigenvalue weighted by atomic mass is 16.5. The molecule has 0 radical (unpaired) electrons. The molecule has 1 amide bonds. The maximum Gasteiger partial charge on any atom is 0.223 e. The van der Waals surface area contributed by atoms with Gasteiger partial charge in [0.1, 0.15) is 0 Å². The maximum atomic E-state index is 12.5. The number of fused-ring (bicyclic) bond motifs is 2. The molecule has 25 heavy (non-hydrogen) atoms. The van der Waals surface area contributed by atoms with Gasteiger partial charge in [0, 0.05) is 18.4 Å². The number of amides is 1. The Hall–Kier alpha value is -1.43. The molecule has 0 bridgehead atoms. The van der Waals surface area contributed by atoms with E-state index in [1.165, 1.54) is 11.1 Å². The highest BCUT2D eigenvalue weighted by Crippen LogP contribution is 2.51. The lowest BCUT2D eigenvalue weighted by Gasteiger charge is -2.41. The van der Waals surface area contributed by atoms with Crippen molar-refractivity contribution in [3.8, 4) is 0 Å². The van der Waals surface area contributed by atoms with Crippen LogP contribution in [-0.2, 0) is 19.7 Å². The predicted octanol–water partition coefficient (Wildman–Crippen LogP) is 2.17. The van der Waals surface area contributed by atoms with Crippen molar-refractivity contribution in [1.82, 2.24) is 10.6 Å². The van der Waals surface area contributed by atoms with Gasteiger partial charge in [0.25, 0.3) is 0 Å². The van der Waals surface area contributed by atoms with Crippen LogP contribution in [0.5, 0.6) is 0 Å². The molecular weight excluding hydrogens is 316 g/mol. The third-order valence-electron chi connectivity index (χ3n) is 5.58. The Morgan fingerprint density at radius 1 is 1.28 bits per heavy atom. The predicted molar refractivity (Wildman–Crippen MR) is 97.6 cm³/mol. The minimum absolute atomic E-state index is 0.0372. The lowest BCUT2D eigenvalue weighted by molar-refractivity contribution is -0.127. The van der Waals surface area contributed by atoms with E-state index in [0.29, 0.717) is 13.2 Å². The molecule has 0 saturated carbocycles. The zero-order valence-corrected chi connectivity index (χ0v) is 15.5. The van der Waals surface area contributed by atoms with Crippen LogP contribution in [0.15, 0.2) is 24.3 Å². The minimum Gasteiger partial charge on any atom is -0.382 e. The van der Waals surface area contributed by atoms with Crippen molar-refractivity contribution in [3.63, 3.8) is 0 Å². The van der Waals surface area contributed by atoms with Crippen molar-refractivity contribution >= 4 is 5.91 Å². The second-order valence-electron chi connectivity index (χ2n) is 7.42. The lowest BCUT2D eigenvalue weighted by Crippen LogP contribution is -2.50. The van der Waals surface area contributed by atoms with Gasteiger partial charge < -0.3 is 20.1 Å². The smallest absolute Gasteiger partial charge is 0.223 e. The van der Waals surface area contributed by atoms with Crippen LogP contribution in [-0.4, -0.2) is 45.4 Å². The number of hydrogen-bond donors (Lipinski definition) is 2. The molecule has 5 heteroatoms.